The number of thiazole rings is 1. The quantitative estimate of drug-likeness (QED) is 0.681. The molecule has 3 rings (SSSR count). The van der Waals surface area contributed by atoms with E-state index in [0.29, 0.717) is 18.5 Å². The number of hydrogen-bond donors (Lipinski definition) is 1. The minimum absolute atomic E-state index is 0.00436. The van der Waals surface area contributed by atoms with E-state index in [4.69, 9.17) is 4.74 Å². The third-order valence-corrected chi connectivity index (χ3v) is 6.49. The Bertz CT molecular complexity index is 716. The normalized spacial score (nSPS) is 16.4. The first kappa shape index (κ1) is 20.3. The van der Waals surface area contributed by atoms with Crippen molar-refractivity contribution in [2.75, 3.05) is 32.8 Å². The summed E-state index contributed by atoms with van der Waals surface area (Å²) < 4.78 is 5.46. The molecule has 146 valence electrons. The minimum Gasteiger partial charge on any atom is -0.379 e. The van der Waals surface area contributed by atoms with E-state index < -0.39 is 0 Å². The zero-order valence-corrected chi connectivity index (χ0v) is 17.5. The van der Waals surface area contributed by atoms with Crippen molar-refractivity contribution in [2.45, 2.75) is 30.5 Å². The van der Waals surface area contributed by atoms with Crippen LogP contribution in [0.15, 0.2) is 40.1 Å². The fourth-order valence-corrected chi connectivity index (χ4v) is 4.84. The van der Waals surface area contributed by atoms with Crippen molar-refractivity contribution < 1.29 is 9.53 Å². The molecular weight excluding hydrogens is 378 g/mol. The summed E-state index contributed by atoms with van der Waals surface area (Å²) in [5.74, 6) is 1.24. The Morgan fingerprint density at radius 3 is 2.81 bits per heavy atom. The molecule has 27 heavy (non-hydrogen) atoms. The molecule has 0 saturated carbocycles. The third kappa shape index (κ3) is 5.78. The third-order valence-electron chi connectivity index (χ3n) is 4.75. The molecular formula is C20H27N3O2S2. The van der Waals surface area contributed by atoms with Gasteiger partial charge in [-0.05, 0) is 18.1 Å². The van der Waals surface area contributed by atoms with Crippen molar-refractivity contribution in [1.82, 2.24) is 15.2 Å². The number of carbonyl (C=O) groups excluding carboxylic acids is 1. The van der Waals surface area contributed by atoms with Crippen molar-refractivity contribution >= 4 is 29.0 Å². The summed E-state index contributed by atoms with van der Waals surface area (Å²) >= 11 is 3.25. The number of amides is 1. The first-order valence-electron chi connectivity index (χ1n) is 9.34. The van der Waals surface area contributed by atoms with E-state index in [2.05, 4.69) is 29.0 Å². The highest BCUT2D eigenvalue weighted by Gasteiger charge is 2.24. The Balaban J connectivity index is 1.61. The summed E-state index contributed by atoms with van der Waals surface area (Å²) in [6, 6.07) is 8.13. The topological polar surface area (TPSA) is 54.5 Å². The van der Waals surface area contributed by atoms with Gasteiger partial charge in [0.1, 0.15) is 0 Å². The zero-order valence-electron chi connectivity index (χ0n) is 15.9. The molecule has 1 unspecified atom stereocenters. The fourth-order valence-electron chi connectivity index (χ4n) is 3.23. The van der Waals surface area contributed by atoms with Crippen LogP contribution in [0.4, 0.5) is 0 Å². The Kier molecular flexibility index (Phi) is 7.70. The van der Waals surface area contributed by atoms with E-state index >= 15 is 0 Å². The molecule has 1 aromatic carbocycles. The molecule has 0 bridgehead atoms. The smallest absolute Gasteiger partial charge is 0.252 e. The summed E-state index contributed by atoms with van der Waals surface area (Å²) in [4.78, 5) is 20.6. The highest BCUT2D eigenvalue weighted by atomic mass is 32.2. The lowest BCUT2D eigenvalue weighted by molar-refractivity contribution is 0.00672. The van der Waals surface area contributed by atoms with E-state index in [9.17, 15) is 4.79 Å². The second kappa shape index (κ2) is 10.2. The van der Waals surface area contributed by atoms with Crippen LogP contribution >= 0.6 is 23.1 Å². The molecule has 0 aliphatic carbocycles. The molecule has 2 heterocycles. The van der Waals surface area contributed by atoms with Crippen LogP contribution < -0.4 is 5.32 Å². The molecule has 1 aliphatic heterocycles. The van der Waals surface area contributed by atoms with E-state index in [1.54, 1.807) is 23.1 Å². The van der Waals surface area contributed by atoms with Gasteiger partial charge in [0, 0.05) is 41.7 Å². The number of rotatable bonds is 8. The Morgan fingerprint density at radius 1 is 1.33 bits per heavy atom. The molecule has 1 N–H and O–H groups in total. The highest BCUT2D eigenvalue weighted by molar-refractivity contribution is 7.98. The van der Waals surface area contributed by atoms with E-state index in [1.165, 1.54) is 0 Å². The van der Waals surface area contributed by atoms with E-state index in [1.807, 2.05) is 35.2 Å². The Morgan fingerprint density at radius 2 is 2.11 bits per heavy atom. The van der Waals surface area contributed by atoms with Crippen molar-refractivity contribution in [1.29, 1.82) is 0 Å². The van der Waals surface area contributed by atoms with Gasteiger partial charge in [-0.15, -0.1) is 23.1 Å². The molecule has 5 nitrogen and oxygen atoms in total. The molecule has 0 spiro atoms. The lowest BCUT2D eigenvalue weighted by Gasteiger charge is -2.37. The average molecular weight is 406 g/mol. The first-order valence-corrected chi connectivity index (χ1v) is 11.3. The Labute approximate surface area is 169 Å². The number of nitrogens with zero attached hydrogens (tertiary/aromatic N) is 2. The molecule has 7 heteroatoms. The van der Waals surface area contributed by atoms with E-state index in [0.717, 1.165) is 48.2 Å². The molecule has 1 aliphatic rings. The maximum atomic E-state index is 12.9. The lowest BCUT2D eigenvalue weighted by Crippen LogP contribution is -2.51. The number of nitrogens with one attached hydrogen (secondary N) is 1. The van der Waals surface area contributed by atoms with Gasteiger partial charge in [-0.1, -0.05) is 26.0 Å². The van der Waals surface area contributed by atoms with Crippen LogP contribution in [0, 0.1) is 5.92 Å². The van der Waals surface area contributed by atoms with Crippen molar-refractivity contribution in [2.24, 2.45) is 5.92 Å². The van der Waals surface area contributed by atoms with Gasteiger partial charge in [-0.3, -0.25) is 9.69 Å². The Hall–Kier alpha value is -1.41. The zero-order chi connectivity index (χ0) is 19.1. The van der Waals surface area contributed by atoms with Gasteiger partial charge in [0.15, 0.2) is 0 Å². The standard InChI is InChI=1S/C20H27N3O2S2/c1-15(2)18(23-7-9-25-10-8-23)11-21-20(24)17-5-3-4-6-19(17)27-13-16-12-26-14-22-16/h3-6,12,14-15,18H,7-11,13H2,1-2H3,(H,21,24). The van der Waals surface area contributed by atoms with Crippen LogP contribution in [0.2, 0.25) is 0 Å². The maximum Gasteiger partial charge on any atom is 0.252 e. The van der Waals surface area contributed by atoms with Gasteiger partial charge >= 0.3 is 0 Å². The second-order valence-electron chi connectivity index (χ2n) is 6.93. The minimum atomic E-state index is -0.00436. The number of thioether (sulfide) groups is 1. The van der Waals surface area contributed by atoms with Crippen LogP contribution in [0.5, 0.6) is 0 Å². The molecule has 1 aromatic heterocycles. The van der Waals surface area contributed by atoms with Gasteiger partial charge in [-0.2, -0.15) is 0 Å². The summed E-state index contributed by atoms with van der Waals surface area (Å²) in [7, 11) is 0. The summed E-state index contributed by atoms with van der Waals surface area (Å²) in [5.41, 5.74) is 3.63. The highest BCUT2D eigenvalue weighted by Crippen LogP contribution is 2.26. The van der Waals surface area contributed by atoms with Crippen molar-refractivity contribution in [3.05, 3.63) is 46.4 Å². The maximum absolute atomic E-state index is 12.9. The van der Waals surface area contributed by atoms with Gasteiger partial charge < -0.3 is 10.1 Å². The number of carbonyl (C=O) groups is 1. The van der Waals surface area contributed by atoms with Gasteiger partial charge in [0.25, 0.3) is 5.91 Å². The number of benzene rings is 1. The molecule has 2 aromatic rings. The number of aromatic nitrogens is 1. The second-order valence-corrected chi connectivity index (χ2v) is 8.67. The van der Waals surface area contributed by atoms with Crippen LogP contribution in [0.3, 0.4) is 0 Å². The predicted octanol–water partition coefficient (Wildman–Crippen LogP) is 3.52. The van der Waals surface area contributed by atoms with Gasteiger partial charge in [-0.25, -0.2) is 4.98 Å². The monoisotopic (exact) mass is 405 g/mol. The molecule has 1 atom stereocenters. The van der Waals surface area contributed by atoms with Crippen LogP contribution in [0.25, 0.3) is 0 Å². The van der Waals surface area contributed by atoms with Crippen molar-refractivity contribution in [3.63, 3.8) is 0 Å². The van der Waals surface area contributed by atoms with Crippen molar-refractivity contribution in [3.8, 4) is 0 Å². The van der Waals surface area contributed by atoms with Crippen LogP contribution in [-0.4, -0.2) is 54.7 Å². The van der Waals surface area contributed by atoms with Gasteiger partial charge in [0.05, 0.1) is 30.0 Å². The predicted molar refractivity (Wildman–Crippen MR) is 111 cm³/mol. The average Bonchev–Trinajstić information content (AvgIpc) is 3.21. The largest absolute Gasteiger partial charge is 0.379 e. The van der Waals surface area contributed by atoms with E-state index in [-0.39, 0.29) is 5.91 Å². The molecule has 1 saturated heterocycles. The SMILES string of the molecule is CC(C)C(CNC(=O)c1ccccc1SCc1cscn1)N1CCOCC1. The lowest BCUT2D eigenvalue weighted by atomic mass is 10.0. The van der Waals surface area contributed by atoms with Crippen LogP contribution in [0.1, 0.15) is 29.9 Å². The van der Waals surface area contributed by atoms with Gasteiger partial charge in [0.2, 0.25) is 0 Å². The molecule has 0 radical (unpaired) electrons. The fraction of sp³-hybridized carbons (Fsp3) is 0.500. The first-order chi connectivity index (χ1) is 13.1. The van der Waals surface area contributed by atoms with Crippen LogP contribution in [-0.2, 0) is 10.5 Å². The summed E-state index contributed by atoms with van der Waals surface area (Å²) in [6.07, 6.45) is 0. The summed E-state index contributed by atoms with van der Waals surface area (Å²) in [5, 5.41) is 5.21. The summed E-state index contributed by atoms with van der Waals surface area (Å²) in [6.45, 7) is 8.48. The molecule has 1 amide bonds. The number of morpholine rings is 1. The molecule has 1 fully saturated rings. The number of ether oxygens (including phenoxy) is 1. The number of hydrogen-bond acceptors (Lipinski definition) is 6.